The van der Waals surface area contributed by atoms with Crippen LogP contribution < -0.4 is 9.64 Å². The van der Waals surface area contributed by atoms with E-state index in [9.17, 15) is 28.6 Å². The number of ketones is 1. The number of aromatic hydroxyl groups is 1. The highest BCUT2D eigenvalue weighted by Crippen LogP contribution is 2.44. The summed E-state index contributed by atoms with van der Waals surface area (Å²) in [5.41, 5.74) is 0.580. The van der Waals surface area contributed by atoms with Crippen LogP contribution in [0.25, 0.3) is 16.0 Å². The van der Waals surface area contributed by atoms with Gasteiger partial charge in [0.05, 0.1) is 27.9 Å². The summed E-state index contributed by atoms with van der Waals surface area (Å²) < 4.78 is 33.6. The number of thiazole rings is 1. The number of halogens is 2. The molecule has 0 spiro atoms. The number of aromatic nitrogens is 1. The first-order valence-corrected chi connectivity index (χ1v) is 12.1. The Morgan fingerprint density at radius 1 is 1.05 bits per heavy atom. The first-order valence-electron chi connectivity index (χ1n) is 11.3. The number of nitrogens with zero attached hydrogens (tertiary/aromatic N) is 2. The van der Waals surface area contributed by atoms with Crippen molar-refractivity contribution in [3.8, 4) is 11.5 Å². The summed E-state index contributed by atoms with van der Waals surface area (Å²) in [5, 5.41) is 21.1. The lowest BCUT2D eigenvalue weighted by Gasteiger charge is -2.23. The Morgan fingerprint density at radius 2 is 1.76 bits per heavy atom. The van der Waals surface area contributed by atoms with Crippen LogP contribution in [-0.2, 0) is 9.59 Å². The zero-order valence-corrected chi connectivity index (χ0v) is 20.4. The smallest absolute Gasteiger partial charge is 0.301 e. The van der Waals surface area contributed by atoms with Crippen molar-refractivity contribution >= 4 is 44.1 Å². The van der Waals surface area contributed by atoms with Gasteiger partial charge in [-0.1, -0.05) is 35.6 Å². The van der Waals surface area contributed by atoms with Gasteiger partial charge in [0.15, 0.2) is 16.8 Å². The van der Waals surface area contributed by atoms with E-state index >= 15 is 0 Å². The van der Waals surface area contributed by atoms with E-state index < -0.39 is 35.1 Å². The van der Waals surface area contributed by atoms with Crippen molar-refractivity contribution in [3.05, 3.63) is 89.0 Å². The minimum absolute atomic E-state index is 0.0242. The summed E-state index contributed by atoms with van der Waals surface area (Å²) >= 11 is 0.905. The first kappa shape index (κ1) is 24.4. The third-order valence-corrected chi connectivity index (χ3v) is 6.78. The Labute approximate surface area is 213 Å². The van der Waals surface area contributed by atoms with E-state index in [2.05, 4.69) is 4.98 Å². The van der Waals surface area contributed by atoms with Crippen molar-refractivity contribution in [2.45, 2.75) is 26.0 Å². The van der Waals surface area contributed by atoms with Gasteiger partial charge in [-0.15, -0.1) is 0 Å². The molecule has 5 rings (SSSR count). The van der Waals surface area contributed by atoms with E-state index in [1.165, 1.54) is 24.3 Å². The molecule has 2 heterocycles. The van der Waals surface area contributed by atoms with Gasteiger partial charge in [0.1, 0.15) is 17.3 Å². The molecule has 37 heavy (non-hydrogen) atoms. The van der Waals surface area contributed by atoms with Crippen LogP contribution in [-0.4, -0.2) is 33.0 Å². The lowest BCUT2D eigenvalue weighted by atomic mass is 9.95. The van der Waals surface area contributed by atoms with Crippen molar-refractivity contribution in [2.75, 3.05) is 4.90 Å². The van der Waals surface area contributed by atoms with Gasteiger partial charge in [-0.3, -0.25) is 14.5 Å². The first-order chi connectivity index (χ1) is 17.6. The number of Topliss-reactive ketones (excluding diaryl/α,β-unsaturated/α-hetero) is 1. The molecule has 1 aromatic heterocycles. The van der Waals surface area contributed by atoms with E-state index in [1.54, 1.807) is 24.3 Å². The highest BCUT2D eigenvalue weighted by molar-refractivity contribution is 7.22. The molecule has 188 valence electrons. The van der Waals surface area contributed by atoms with Gasteiger partial charge >= 0.3 is 5.91 Å². The molecule has 2 N–H and O–H groups in total. The fraction of sp³-hybridized carbons (Fsp3) is 0.148. The van der Waals surface area contributed by atoms with Gasteiger partial charge in [0, 0.05) is 11.6 Å². The molecule has 1 amide bonds. The molecule has 0 radical (unpaired) electrons. The predicted molar refractivity (Wildman–Crippen MR) is 135 cm³/mol. The Hall–Kier alpha value is -4.31. The number of ether oxygens (including phenoxy) is 1. The topological polar surface area (TPSA) is 100.0 Å². The molecule has 1 fully saturated rings. The van der Waals surface area contributed by atoms with E-state index in [1.807, 2.05) is 13.8 Å². The summed E-state index contributed by atoms with van der Waals surface area (Å²) in [6.45, 7) is 3.69. The van der Waals surface area contributed by atoms with Crippen molar-refractivity contribution in [1.82, 2.24) is 4.98 Å². The number of amides is 1. The Bertz CT molecular complexity index is 1540. The number of anilines is 1. The fourth-order valence-electron chi connectivity index (χ4n) is 4.16. The number of aliphatic hydroxyl groups is 1. The maximum absolute atomic E-state index is 13.8. The van der Waals surface area contributed by atoms with Crippen LogP contribution in [0.1, 0.15) is 31.0 Å². The largest absolute Gasteiger partial charge is 0.508 e. The molecule has 10 heteroatoms. The highest BCUT2D eigenvalue weighted by atomic mass is 32.1. The van der Waals surface area contributed by atoms with E-state index in [0.717, 1.165) is 28.4 Å². The van der Waals surface area contributed by atoms with Crippen LogP contribution in [0.4, 0.5) is 13.9 Å². The quantitative estimate of drug-likeness (QED) is 0.198. The molecule has 1 aliphatic rings. The average molecular weight is 523 g/mol. The van der Waals surface area contributed by atoms with Gasteiger partial charge in [-0.2, -0.15) is 0 Å². The molecular weight excluding hydrogens is 502 g/mol. The van der Waals surface area contributed by atoms with Gasteiger partial charge in [0.2, 0.25) is 0 Å². The summed E-state index contributed by atoms with van der Waals surface area (Å²) in [5.74, 6) is -4.08. The summed E-state index contributed by atoms with van der Waals surface area (Å²) in [6.07, 6.45) is -0.131. The molecule has 1 unspecified atom stereocenters. The SMILES string of the molecule is CC(C)Oc1cccc(/C(O)=C2\C(=O)C(=O)N(c3nc4cc(F)c(F)cc4s3)C2c2ccc(O)cc2)c1. The molecular formula is C27H20F2N2O5S. The van der Waals surface area contributed by atoms with Crippen molar-refractivity contribution in [1.29, 1.82) is 0 Å². The van der Waals surface area contributed by atoms with Crippen LogP contribution in [0.2, 0.25) is 0 Å². The molecule has 0 bridgehead atoms. The second kappa shape index (κ2) is 9.29. The monoisotopic (exact) mass is 522 g/mol. The number of aliphatic hydroxyl groups excluding tert-OH is 1. The van der Waals surface area contributed by atoms with E-state index in [0.29, 0.717) is 11.3 Å². The van der Waals surface area contributed by atoms with Gasteiger partial charge in [-0.25, -0.2) is 13.8 Å². The van der Waals surface area contributed by atoms with Crippen molar-refractivity contribution in [3.63, 3.8) is 0 Å². The summed E-state index contributed by atoms with van der Waals surface area (Å²) in [7, 11) is 0. The van der Waals surface area contributed by atoms with Crippen LogP contribution in [0.3, 0.4) is 0 Å². The summed E-state index contributed by atoms with van der Waals surface area (Å²) in [4.78, 5) is 32.0. The lowest BCUT2D eigenvalue weighted by Crippen LogP contribution is -2.29. The van der Waals surface area contributed by atoms with Crippen LogP contribution >= 0.6 is 11.3 Å². The third-order valence-electron chi connectivity index (χ3n) is 5.76. The minimum Gasteiger partial charge on any atom is -0.508 e. The second-order valence-electron chi connectivity index (χ2n) is 8.69. The van der Waals surface area contributed by atoms with Crippen molar-refractivity contribution in [2.24, 2.45) is 0 Å². The minimum atomic E-state index is -1.12. The highest BCUT2D eigenvalue weighted by Gasteiger charge is 2.48. The normalized spacial score (nSPS) is 17.2. The number of benzene rings is 3. The number of hydrogen-bond acceptors (Lipinski definition) is 7. The molecule has 0 saturated carbocycles. The third kappa shape index (κ3) is 4.40. The molecule has 0 aliphatic carbocycles. The zero-order chi connectivity index (χ0) is 26.4. The number of phenolic OH excluding ortho intramolecular Hbond substituents is 1. The molecule has 7 nitrogen and oxygen atoms in total. The summed E-state index contributed by atoms with van der Waals surface area (Å²) in [6, 6.07) is 13.0. The zero-order valence-electron chi connectivity index (χ0n) is 19.6. The second-order valence-corrected chi connectivity index (χ2v) is 9.69. The number of carbonyl (C=O) groups excluding carboxylic acids is 2. The number of phenols is 1. The molecule has 1 atom stereocenters. The number of hydrogen-bond donors (Lipinski definition) is 2. The Kier molecular flexibility index (Phi) is 6.12. The maximum Gasteiger partial charge on any atom is 0.301 e. The van der Waals surface area contributed by atoms with E-state index in [4.69, 9.17) is 4.74 Å². The maximum atomic E-state index is 13.8. The van der Waals surface area contributed by atoms with Crippen LogP contribution in [0, 0.1) is 11.6 Å². The Morgan fingerprint density at radius 3 is 2.46 bits per heavy atom. The van der Waals surface area contributed by atoms with E-state index in [-0.39, 0.29) is 38.3 Å². The lowest BCUT2D eigenvalue weighted by molar-refractivity contribution is -0.132. The number of carbonyl (C=O) groups is 2. The Balaban J connectivity index is 1.70. The fourth-order valence-corrected chi connectivity index (χ4v) is 5.16. The van der Waals surface area contributed by atoms with Gasteiger partial charge in [-0.05, 0) is 49.7 Å². The number of rotatable bonds is 5. The predicted octanol–water partition coefficient (Wildman–Crippen LogP) is 5.69. The molecule has 3 aromatic carbocycles. The van der Waals surface area contributed by atoms with Gasteiger partial charge < -0.3 is 14.9 Å². The van der Waals surface area contributed by atoms with Gasteiger partial charge in [0.25, 0.3) is 5.78 Å². The van der Waals surface area contributed by atoms with Crippen LogP contribution in [0.15, 0.2) is 66.2 Å². The average Bonchev–Trinajstić information content (AvgIpc) is 3.36. The molecule has 1 aliphatic heterocycles. The standard InChI is InChI=1S/C27H20F2N2O5S/c1-13(2)36-17-5-3-4-15(10-17)24(33)22-23(14-6-8-16(32)9-7-14)31(26(35)25(22)34)27-30-20-11-18(28)19(29)12-21(20)37-27/h3-13,23,32-33H,1-2H3/b24-22+. The number of fused-ring (bicyclic) bond motifs is 1. The molecule has 1 saturated heterocycles. The van der Waals surface area contributed by atoms with Crippen LogP contribution in [0.5, 0.6) is 11.5 Å². The molecule has 4 aromatic rings. The van der Waals surface area contributed by atoms with Crippen molar-refractivity contribution < 1.29 is 33.3 Å².